The Labute approximate surface area is 186 Å². The minimum absolute atomic E-state index is 0.277. The van der Waals surface area contributed by atoms with Crippen molar-refractivity contribution in [3.05, 3.63) is 94.6 Å². The number of thiophene rings is 1. The van der Waals surface area contributed by atoms with Crippen LogP contribution in [0, 0.1) is 5.82 Å². The molecule has 5 aromatic rings. The van der Waals surface area contributed by atoms with Crippen molar-refractivity contribution in [3.8, 4) is 11.1 Å². The number of carbonyl (C=O) groups is 1. The fraction of sp³-hybridized carbons (Fsp3) is 0.0800. The lowest BCUT2D eigenvalue weighted by Gasteiger charge is -2.15. The molecule has 0 saturated carbocycles. The molecule has 1 atom stereocenters. The number of nitrogens with zero attached hydrogens (tertiary/aromatic N) is 2. The van der Waals surface area contributed by atoms with Gasteiger partial charge in [-0.2, -0.15) is 0 Å². The molecule has 1 N–H and O–H groups in total. The van der Waals surface area contributed by atoms with E-state index in [4.69, 9.17) is 0 Å². The summed E-state index contributed by atoms with van der Waals surface area (Å²) in [5, 5.41) is 7.34. The van der Waals surface area contributed by atoms with Gasteiger partial charge < -0.3 is 5.32 Å². The van der Waals surface area contributed by atoms with Crippen LogP contribution in [0.5, 0.6) is 0 Å². The van der Waals surface area contributed by atoms with Gasteiger partial charge in [-0.1, -0.05) is 36.4 Å². The number of aromatic nitrogens is 2. The molecule has 1 amide bonds. The SMILES string of the molecule is CC(C(=O)Nc1ccc(F)cc1)n1cnc2scc(-c3ccc4ccccc4c3)c2c1=O. The first-order valence-corrected chi connectivity index (χ1v) is 10.9. The molecule has 0 radical (unpaired) electrons. The maximum atomic E-state index is 13.4. The first-order chi connectivity index (χ1) is 15.5. The smallest absolute Gasteiger partial charge is 0.263 e. The van der Waals surface area contributed by atoms with Crippen molar-refractivity contribution >= 4 is 43.9 Å². The van der Waals surface area contributed by atoms with Crippen LogP contribution in [-0.4, -0.2) is 15.5 Å². The van der Waals surface area contributed by atoms with Gasteiger partial charge >= 0.3 is 0 Å². The van der Waals surface area contributed by atoms with Crippen LogP contribution >= 0.6 is 11.3 Å². The molecule has 0 saturated heterocycles. The molecule has 2 aromatic heterocycles. The average molecular weight is 444 g/mol. The molecule has 2 heterocycles. The van der Waals surface area contributed by atoms with E-state index in [1.54, 1.807) is 6.92 Å². The molecule has 0 fully saturated rings. The van der Waals surface area contributed by atoms with Crippen LogP contribution in [0.25, 0.3) is 32.1 Å². The summed E-state index contributed by atoms with van der Waals surface area (Å²) in [6.07, 6.45) is 1.40. The zero-order valence-electron chi connectivity index (χ0n) is 17.1. The van der Waals surface area contributed by atoms with E-state index in [-0.39, 0.29) is 17.3 Å². The summed E-state index contributed by atoms with van der Waals surface area (Å²) >= 11 is 1.40. The van der Waals surface area contributed by atoms with Crippen LogP contribution in [0.4, 0.5) is 10.1 Å². The molecule has 158 valence electrons. The van der Waals surface area contributed by atoms with Crippen LogP contribution in [0.3, 0.4) is 0 Å². The van der Waals surface area contributed by atoms with Gasteiger partial charge in [-0.25, -0.2) is 9.37 Å². The first-order valence-electron chi connectivity index (χ1n) is 10.1. The van der Waals surface area contributed by atoms with E-state index in [0.717, 1.165) is 21.9 Å². The Hall–Kier alpha value is -3.84. The Morgan fingerprint density at radius 3 is 2.59 bits per heavy atom. The fourth-order valence-corrected chi connectivity index (χ4v) is 4.60. The quantitative estimate of drug-likeness (QED) is 0.392. The van der Waals surface area contributed by atoms with E-state index in [1.165, 1.54) is 46.5 Å². The van der Waals surface area contributed by atoms with Gasteiger partial charge in [0.05, 0.1) is 11.7 Å². The van der Waals surface area contributed by atoms with Crippen LogP contribution in [0.2, 0.25) is 0 Å². The highest BCUT2D eigenvalue weighted by Crippen LogP contribution is 2.32. The topological polar surface area (TPSA) is 64.0 Å². The molecule has 1 unspecified atom stereocenters. The molecule has 0 spiro atoms. The van der Waals surface area contributed by atoms with E-state index in [0.29, 0.717) is 15.9 Å². The summed E-state index contributed by atoms with van der Waals surface area (Å²) in [5.74, 6) is -0.775. The van der Waals surface area contributed by atoms with Crippen LogP contribution < -0.4 is 10.9 Å². The third-order valence-electron chi connectivity index (χ3n) is 5.49. The van der Waals surface area contributed by atoms with Gasteiger partial charge in [-0.3, -0.25) is 14.2 Å². The molecule has 0 aliphatic heterocycles. The summed E-state index contributed by atoms with van der Waals surface area (Å²) in [5.41, 5.74) is 1.91. The van der Waals surface area contributed by atoms with Crippen LogP contribution in [0.1, 0.15) is 13.0 Å². The van der Waals surface area contributed by atoms with Crippen molar-refractivity contribution in [2.45, 2.75) is 13.0 Å². The number of hydrogen-bond donors (Lipinski definition) is 1. The predicted octanol–water partition coefficient (Wildman–Crippen LogP) is 5.62. The molecule has 32 heavy (non-hydrogen) atoms. The highest BCUT2D eigenvalue weighted by molar-refractivity contribution is 7.17. The highest BCUT2D eigenvalue weighted by atomic mass is 32.1. The highest BCUT2D eigenvalue weighted by Gasteiger charge is 2.20. The Balaban J connectivity index is 1.53. The number of rotatable bonds is 4. The van der Waals surface area contributed by atoms with Crippen molar-refractivity contribution < 1.29 is 9.18 Å². The molecule has 5 nitrogen and oxygen atoms in total. The standard InChI is InChI=1S/C25H18FN3O2S/c1-15(23(30)28-20-10-8-19(26)9-11-20)29-14-27-24-22(25(29)31)21(13-32-24)18-7-6-16-4-2-3-5-17(16)12-18/h2-15H,1H3,(H,28,30). The maximum Gasteiger partial charge on any atom is 0.263 e. The second kappa shape index (κ2) is 8.01. The lowest BCUT2D eigenvalue weighted by Crippen LogP contribution is -2.31. The number of hydrogen-bond acceptors (Lipinski definition) is 4. The van der Waals surface area contributed by atoms with Crippen molar-refractivity contribution in [2.24, 2.45) is 0 Å². The van der Waals surface area contributed by atoms with Gasteiger partial charge in [-0.15, -0.1) is 11.3 Å². The van der Waals surface area contributed by atoms with Gasteiger partial charge in [0, 0.05) is 16.6 Å². The van der Waals surface area contributed by atoms with E-state index < -0.39 is 6.04 Å². The largest absolute Gasteiger partial charge is 0.324 e. The number of benzene rings is 3. The predicted molar refractivity (Wildman–Crippen MR) is 127 cm³/mol. The summed E-state index contributed by atoms with van der Waals surface area (Å²) in [7, 11) is 0. The van der Waals surface area contributed by atoms with Crippen molar-refractivity contribution in [3.63, 3.8) is 0 Å². The fourth-order valence-electron chi connectivity index (χ4n) is 3.70. The minimum Gasteiger partial charge on any atom is -0.324 e. The van der Waals surface area contributed by atoms with Gasteiger partial charge in [-0.05, 0) is 53.6 Å². The summed E-state index contributed by atoms with van der Waals surface area (Å²) in [4.78, 5) is 31.2. The molecule has 0 bridgehead atoms. The summed E-state index contributed by atoms with van der Waals surface area (Å²) < 4.78 is 14.4. The maximum absolute atomic E-state index is 13.4. The zero-order chi connectivity index (χ0) is 22.2. The third-order valence-corrected chi connectivity index (χ3v) is 6.37. The second-order valence-corrected chi connectivity index (χ2v) is 8.38. The molecular weight excluding hydrogens is 425 g/mol. The normalized spacial score (nSPS) is 12.2. The Kier molecular flexibility index (Phi) is 5.03. The lowest BCUT2D eigenvalue weighted by molar-refractivity contribution is -0.118. The van der Waals surface area contributed by atoms with Crippen molar-refractivity contribution in [2.75, 3.05) is 5.32 Å². The monoisotopic (exact) mass is 443 g/mol. The van der Waals surface area contributed by atoms with Gasteiger partial charge in [0.1, 0.15) is 16.7 Å². The van der Waals surface area contributed by atoms with Gasteiger partial charge in [0.25, 0.3) is 5.56 Å². The van der Waals surface area contributed by atoms with Crippen LogP contribution in [-0.2, 0) is 4.79 Å². The minimum atomic E-state index is -0.797. The number of carbonyl (C=O) groups excluding carboxylic acids is 1. The first kappa shape index (κ1) is 20.1. The van der Waals surface area contributed by atoms with Crippen LogP contribution in [0.15, 0.2) is 83.2 Å². The van der Waals surface area contributed by atoms with Crippen molar-refractivity contribution in [1.29, 1.82) is 0 Å². The molecule has 0 aliphatic carbocycles. The molecule has 0 aliphatic rings. The second-order valence-electron chi connectivity index (χ2n) is 7.52. The summed E-state index contributed by atoms with van der Waals surface area (Å²) in [6, 6.07) is 18.8. The average Bonchev–Trinajstić information content (AvgIpc) is 3.25. The number of anilines is 1. The van der Waals surface area contributed by atoms with Gasteiger partial charge in [0.2, 0.25) is 5.91 Å². The number of amides is 1. The van der Waals surface area contributed by atoms with Crippen molar-refractivity contribution in [1.82, 2.24) is 9.55 Å². The number of nitrogens with one attached hydrogen (secondary N) is 1. The third kappa shape index (κ3) is 3.56. The molecule has 7 heteroatoms. The van der Waals surface area contributed by atoms with E-state index >= 15 is 0 Å². The zero-order valence-corrected chi connectivity index (χ0v) is 17.9. The van der Waals surface area contributed by atoms with E-state index in [1.807, 2.05) is 41.8 Å². The summed E-state index contributed by atoms with van der Waals surface area (Å²) in [6.45, 7) is 1.63. The Bertz CT molecular complexity index is 1520. The molecular formula is C25H18FN3O2S. The molecule has 5 rings (SSSR count). The Morgan fingerprint density at radius 2 is 1.81 bits per heavy atom. The van der Waals surface area contributed by atoms with E-state index in [2.05, 4.69) is 16.4 Å². The lowest BCUT2D eigenvalue weighted by atomic mass is 10.0. The Morgan fingerprint density at radius 1 is 1.06 bits per heavy atom. The van der Waals surface area contributed by atoms with Gasteiger partial charge in [0.15, 0.2) is 0 Å². The molecule has 3 aromatic carbocycles. The van der Waals surface area contributed by atoms with E-state index in [9.17, 15) is 14.0 Å². The number of halogens is 1. The number of fused-ring (bicyclic) bond motifs is 2.